The summed E-state index contributed by atoms with van der Waals surface area (Å²) in [4.78, 5) is 18.8. The maximum absolute atomic E-state index is 13.8. The first-order valence-corrected chi connectivity index (χ1v) is 15.0. The summed E-state index contributed by atoms with van der Waals surface area (Å²) in [5, 5.41) is 5.51. The number of ether oxygens (including phenoxy) is 3. The first-order valence-electron chi connectivity index (χ1n) is 14.6. The first-order chi connectivity index (χ1) is 21.2. The van der Waals surface area contributed by atoms with Crippen molar-refractivity contribution in [2.45, 2.75) is 47.1 Å². The Morgan fingerprint density at radius 1 is 0.977 bits per heavy atom. The first kappa shape index (κ1) is 30.8. The lowest BCUT2D eigenvalue weighted by molar-refractivity contribution is 0.269. The van der Waals surface area contributed by atoms with Gasteiger partial charge < -0.3 is 14.2 Å². The van der Waals surface area contributed by atoms with Crippen LogP contribution in [0.15, 0.2) is 82.7 Å². The van der Waals surface area contributed by atoms with Gasteiger partial charge in [-0.05, 0) is 85.3 Å². The molecule has 0 aliphatic carbocycles. The largest absolute Gasteiger partial charge is 0.496 e. The number of para-hydroxylation sites is 1. The summed E-state index contributed by atoms with van der Waals surface area (Å²) in [5.74, 6) is 2.36. The minimum absolute atomic E-state index is 0.194. The minimum Gasteiger partial charge on any atom is -0.496 e. The highest BCUT2D eigenvalue weighted by atomic mass is 35.5. The van der Waals surface area contributed by atoms with Crippen LogP contribution in [0.4, 0.5) is 0 Å². The Bertz CT molecular complexity index is 1900. The predicted molar refractivity (Wildman–Crippen MR) is 178 cm³/mol. The zero-order valence-electron chi connectivity index (χ0n) is 25.8. The smallest absolute Gasteiger partial charge is 0.282 e. The highest BCUT2D eigenvalue weighted by molar-refractivity contribution is 6.32. The molecule has 5 aromatic rings. The molecule has 0 fully saturated rings. The van der Waals surface area contributed by atoms with Crippen LogP contribution in [0.5, 0.6) is 17.2 Å². The van der Waals surface area contributed by atoms with Crippen LogP contribution < -0.4 is 19.8 Å². The van der Waals surface area contributed by atoms with Gasteiger partial charge >= 0.3 is 0 Å². The molecule has 7 nitrogen and oxygen atoms in total. The Balaban J connectivity index is 1.59. The summed E-state index contributed by atoms with van der Waals surface area (Å²) in [6.07, 6.45) is 1.59. The molecule has 0 bridgehead atoms. The van der Waals surface area contributed by atoms with Gasteiger partial charge in [0, 0.05) is 5.56 Å². The van der Waals surface area contributed by atoms with Crippen molar-refractivity contribution in [2.24, 2.45) is 5.10 Å². The number of hydrogen-bond donors (Lipinski definition) is 0. The van der Waals surface area contributed by atoms with Gasteiger partial charge in [0.25, 0.3) is 5.56 Å². The Morgan fingerprint density at radius 2 is 1.73 bits per heavy atom. The molecule has 0 N–H and O–H groups in total. The van der Waals surface area contributed by atoms with E-state index in [0.29, 0.717) is 52.0 Å². The minimum atomic E-state index is -0.280. The van der Waals surface area contributed by atoms with Gasteiger partial charge in [0.2, 0.25) is 0 Å². The van der Waals surface area contributed by atoms with Crippen LogP contribution >= 0.6 is 11.6 Å². The molecule has 0 aliphatic heterocycles. The lowest BCUT2D eigenvalue weighted by Gasteiger charge is -2.17. The average Bonchev–Trinajstić information content (AvgIpc) is 3.01. The highest BCUT2D eigenvalue weighted by Gasteiger charge is 2.19. The number of rotatable bonds is 10. The van der Waals surface area contributed by atoms with Crippen LogP contribution in [-0.4, -0.2) is 29.6 Å². The number of halogens is 1. The number of fused-ring (bicyclic) bond motifs is 1. The van der Waals surface area contributed by atoms with Crippen molar-refractivity contribution in [3.63, 3.8) is 0 Å². The van der Waals surface area contributed by atoms with Crippen molar-refractivity contribution in [1.29, 1.82) is 0 Å². The van der Waals surface area contributed by atoms with Crippen LogP contribution in [0.2, 0.25) is 5.02 Å². The molecule has 5 rings (SSSR count). The molecular formula is C36H36ClN3O4. The van der Waals surface area contributed by atoms with Crippen molar-refractivity contribution < 1.29 is 14.2 Å². The van der Waals surface area contributed by atoms with Crippen LogP contribution in [-0.2, 0) is 6.61 Å². The van der Waals surface area contributed by atoms with E-state index in [9.17, 15) is 4.79 Å². The third-order valence-corrected chi connectivity index (χ3v) is 7.63. The Morgan fingerprint density at radius 3 is 2.43 bits per heavy atom. The van der Waals surface area contributed by atoms with Gasteiger partial charge in [-0.15, -0.1) is 0 Å². The van der Waals surface area contributed by atoms with E-state index >= 15 is 0 Å². The molecule has 0 amide bonds. The topological polar surface area (TPSA) is 74.9 Å². The van der Waals surface area contributed by atoms with E-state index in [2.05, 4.69) is 18.9 Å². The molecule has 0 unspecified atom stereocenters. The zero-order chi connectivity index (χ0) is 31.4. The monoisotopic (exact) mass is 609 g/mol. The molecule has 4 aromatic carbocycles. The van der Waals surface area contributed by atoms with Crippen molar-refractivity contribution >= 4 is 28.7 Å². The molecule has 44 heavy (non-hydrogen) atoms. The van der Waals surface area contributed by atoms with E-state index in [1.807, 2.05) is 75.4 Å². The summed E-state index contributed by atoms with van der Waals surface area (Å²) in [5.41, 5.74) is 5.87. The third-order valence-electron chi connectivity index (χ3n) is 7.35. The van der Waals surface area contributed by atoms with Gasteiger partial charge in [0.05, 0.1) is 35.9 Å². The van der Waals surface area contributed by atoms with Crippen molar-refractivity contribution in [3.05, 3.63) is 116 Å². The molecule has 8 heteroatoms. The molecule has 0 atom stereocenters. The van der Waals surface area contributed by atoms with Gasteiger partial charge in [0.15, 0.2) is 17.3 Å². The molecule has 1 aromatic heterocycles. The van der Waals surface area contributed by atoms with Gasteiger partial charge in [-0.2, -0.15) is 9.78 Å². The highest BCUT2D eigenvalue weighted by Crippen LogP contribution is 2.37. The number of methoxy groups -OCH3 is 1. The SMILES string of the molecule is CCOc1cc(C=Nn2c(-c3cc(C(C)C)c(OC)cc3C)nc3ccccc3c2=O)cc(Cl)c1OCc1ccc(C)cc1. The van der Waals surface area contributed by atoms with Gasteiger partial charge in [-0.25, -0.2) is 4.98 Å². The summed E-state index contributed by atoms with van der Waals surface area (Å²) in [6.45, 7) is 10.9. The van der Waals surface area contributed by atoms with E-state index in [1.165, 1.54) is 10.2 Å². The molecular weight excluding hydrogens is 574 g/mol. The second kappa shape index (κ2) is 13.3. The Labute approximate surface area is 262 Å². The second-order valence-corrected chi connectivity index (χ2v) is 11.3. The number of benzene rings is 4. The predicted octanol–water partition coefficient (Wildman–Crippen LogP) is 8.33. The quantitative estimate of drug-likeness (QED) is 0.149. The standard InChI is InChI=1S/C36H36ClN3O4/c1-7-43-33-18-26(17-30(37)34(33)44-21-25-14-12-23(4)13-15-25)20-38-40-35(39-31-11-9-8-10-27(31)36(40)41)29-19-28(22(2)3)32(42-6)16-24(29)5/h8-20,22H,7,21H2,1-6H3. The summed E-state index contributed by atoms with van der Waals surface area (Å²) < 4.78 is 19.0. The van der Waals surface area contributed by atoms with Gasteiger partial charge in [-0.3, -0.25) is 4.79 Å². The van der Waals surface area contributed by atoms with Gasteiger partial charge in [0.1, 0.15) is 12.4 Å². The van der Waals surface area contributed by atoms with Crippen LogP contribution in [0.3, 0.4) is 0 Å². The molecule has 0 aliphatic rings. The maximum atomic E-state index is 13.8. The van der Waals surface area contributed by atoms with E-state index in [-0.39, 0.29) is 11.5 Å². The van der Waals surface area contributed by atoms with E-state index in [4.69, 9.17) is 30.8 Å². The number of nitrogens with zero attached hydrogens (tertiary/aromatic N) is 3. The van der Waals surface area contributed by atoms with Crippen molar-refractivity contribution in [3.8, 4) is 28.6 Å². The zero-order valence-corrected chi connectivity index (χ0v) is 26.6. The summed E-state index contributed by atoms with van der Waals surface area (Å²) in [6, 6.07) is 22.9. The maximum Gasteiger partial charge on any atom is 0.282 e. The van der Waals surface area contributed by atoms with E-state index < -0.39 is 0 Å². The fourth-order valence-corrected chi connectivity index (χ4v) is 5.28. The Kier molecular flexibility index (Phi) is 9.35. The fraction of sp³-hybridized carbons (Fsp3) is 0.250. The van der Waals surface area contributed by atoms with Crippen LogP contribution in [0.25, 0.3) is 22.3 Å². The van der Waals surface area contributed by atoms with Crippen LogP contribution in [0, 0.1) is 13.8 Å². The van der Waals surface area contributed by atoms with Crippen LogP contribution in [0.1, 0.15) is 54.5 Å². The number of aryl methyl sites for hydroxylation is 2. The molecule has 0 saturated heterocycles. The third kappa shape index (κ3) is 6.48. The molecule has 0 radical (unpaired) electrons. The average molecular weight is 610 g/mol. The second-order valence-electron chi connectivity index (χ2n) is 10.9. The molecule has 226 valence electrons. The van der Waals surface area contributed by atoms with Gasteiger partial charge in [-0.1, -0.05) is 67.4 Å². The number of hydrogen-bond acceptors (Lipinski definition) is 6. The lowest BCUT2D eigenvalue weighted by Crippen LogP contribution is -2.20. The van der Waals surface area contributed by atoms with Crippen molar-refractivity contribution in [2.75, 3.05) is 13.7 Å². The lowest BCUT2D eigenvalue weighted by atomic mass is 9.96. The van der Waals surface area contributed by atoms with E-state index in [0.717, 1.165) is 28.0 Å². The number of aromatic nitrogens is 2. The molecule has 1 heterocycles. The normalized spacial score (nSPS) is 11.5. The Hall–Kier alpha value is -4.62. The summed E-state index contributed by atoms with van der Waals surface area (Å²) >= 11 is 6.72. The molecule has 0 spiro atoms. The van der Waals surface area contributed by atoms with E-state index in [1.54, 1.807) is 31.5 Å². The summed E-state index contributed by atoms with van der Waals surface area (Å²) in [7, 11) is 1.66. The van der Waals surface area contributed by atoms with Crippen molar-refractivity contribution in [1.82, 2.24) is 9.66 Å². The fourth-order valence-electron chi connectivity index (χ4n) is 5.00. The molecule has 0 saturated carbocycles.